The van der Waals surface area contributed by atoms with Crippen LogP contribution in [0.5, 0.6) is 0 Å². The van der Waals surface area contributed by atoms with Crippen LogP contribution in [0.25, 0.3) is 5.57 Å². The summed E-state index contributed by atoms with van der Waals surface area (Å²) in [5.41, 5.74) is 2.31. The van der Waals surface area contributed by atoms with E-state index in [1.54, 1.807) is 0 Å². The molecule has 2 amide bonds. The Balaban J connectivity index is 1.39. The highest BCUT2D eigenvalue weighted by atomic mass is 32.1. The number of amides is 2. The van der Waals surface area contributed by atoms with Crippen molar-refractivity contribution in [2.75, 3.05) is 44.2 Å². The summed E-state index contributed by atoms with van der Waals surface area (Å²) in [7, 11) is 0. The van der Waals surface area contributed by atoms with Gasteiger partial charge >= 0.3 is 0 Å². The summed E-state index contributed by atoms with van der Waals surface area (Å²) in [4.78, 5) is 33.4. The minimum absolute atomic E-state index is 0.0447. The zero-order valence-electron chi connectivity index (χ0n) is 16.8. The number of hydrogen-bond acceptors (Lipinski definition) is 6. The summed E-state index contributed by atoms with van der Waals surface area (Å²) >= 11 is 1.51. The topological polar surface area (TPSA) is 53.1 Å². The van der Waals surface area contributed by atoms with E-state index in [1.165, 1.54) is 21.9 Å². The molecular formula is C23H25N3O3S. The third-order valence-corrected chi connectivity index (χ3v) is 6.93. The van der Waals surface area contributed by atoms with Crippen molar-refractivity contribution in [2.24, 2.45) is 0 Å². The van der Waals surface area contributed by atoms with E-state index >= 15 is 0 Å². The highest BCUT2D eigenvalue weighted by Crippen LogP contribution is 2.35. The molecule has 0 aliphatic carbocycles. The molecule has 2 saturated heterocycles. The Kier molecular flexibility index (Phi) is 5.31. The summed E-state index contributed by atoms with van der Waals surface area (Å²) in [6, 6.07) is 14.2. The number of imide groups is 1. The Labute approximate surface area is 180 Å². The number of nitrogens with zero attached hydrogens (tertiary/aromatic N) is 3. The van der Waals surface area contributed by atoms with Crippen molar-refractivity contribution in [1.29, 1.82) is 0 Å². The minimum atomic E-state index is -0.182. The molecule has 2 aromatic rings. The summed E-state index contributed by atoms with van der Waals surface area (Å²) in [5, 5.41) is 1.95. The molecule has 1 aromatic carbocycles. The van der Waals surface area contributed by atoms with Gasteiger partial charge in [-0.3, -0.25) is 14.5 Å². The van der Waals surface area contributed by atoms with Crippen LogP contribution in [-0.2, 0) is 14.3 Å². The molecular weight excluding hydrogens is 398 g/mol. The van der Waals surface area contributed by atoms with Crippen molar-refractivity contribution in [3.05, 3.63) is 58.4 Å². The van der Waals surface area contributed by atoms with Crippen LogP contribution in [0.4, 0.5) is 5.69 Å². The second kappa shape index (κ2) is 8.24. The molecule has 5 rings (SSSR count). The first-order valence-electron chi connectivity index (χ1n) is 10.5. The van der Waals surface area contributed by atoms with Crippen LogP contribution < -0.4 is 4.90 Å². The van der Waals surface area contributed by atoms with E-state index in [0.29, 0.717) is 37.5 Å². The van der Waals surface area contributed by atoms with Crippen LogP contribution >= 0.6 is 11.3 Å². The van der Waals surface area contributed by atoms with E-state index in [1.807, 2.05) is 35.7 Å². The fourth-order valence-electron chi connectivity index (χ4n) is 4.48. The van der Waals surface area contributed by atoms with Gasteiger partial charge in [0.25, 0.3) is 11.8 Å². The fraction of sp³-hybridized carbons (Fsp3) is 0.391. The molecule has 7 heteroatoms. The molecule has 2 fully saturated rings. The monoisotopic (exact) mass is 423 g/mol. The van der Waals surface area contributed by atoms with Crippen LogP contribution in [0.2, 0.25) is 0 Å². The zero-order valence-corrected chi connectivity index (χ0v) is 17.6. The van der Waals surface area contributed by atoms with E-state index in [9.17, 15) is 9.59 Å². The highest BCUT2D eigenvalue weighted by Gasteiger charge is 2.43. The number of piperazine rings is 1. The average Bonchev–Trinajstić information content (AvgIpc) is 3.53. The molecule has 0 bridgehead atoms. The quantitative estimate of drug-likeness (QED) is 0.693. The van der Waals surface area contributed by atoms with Gasteiger partial charge in [-0.25, -0.2) is 0 Å². The lowest BCUT2D eigenvalue weighted by Crippen LogP contribution is -2.48. The van der Waals surface area contributed by atoms with E-state index in [0.717, 1.165) is 30.8 Å². The average molecular weight is 424 g/mol. The molecule has 1 unspecified atom stereocenters. The predicted octanol–water partition coefficient (Wildman–Crippen LogP) is 2.83. The first kappa shape index (κ1) is 19.3. The first-order chi connectivity index (χ1) is 14.7. The van der Waals surface area contributed by atoms with Crippen molar-refractivity contribution in [3.8, 4) is 0 Å². The third kappa shape index (κ3) is 3.52. The normalized spacial score (nSPS) is 22.5. The van der Waals surface area contributed by atoms with Crippen molar-refractivity contribution >= 4 is 34.4 Å². The van der Waals surface area contributed by atoms with Gasteiger partial charge in [0.05, 0.1) is 18.2 Å². The molecule has 3 aliphatic rings. The summed E-state index contributed by atoms with van der Waals surface area (Å²) in [5.74, 6) is -0.356. The Morgan fingerprint density at radius 3 is 2.37 bits per heavy atom. The number of benzene rings is 1. The van der Waals surface area contributed by atoms with Crippen LogP contribution in [0.3, 0.4) is 0 Å². The van der Waals surface area contributed by atoms with Gasteiger partial charge in [-0.15, -0.1) is 11.3 Å². The van der Waals surface area contributed by atoms with Crippen LogP contribution in [0, 0.1) is 0 Å². The van der Waals surface area contributed by atoms with Gasteiger partial charge in [-0.2, -0.15) is 0 Å². The molecule has 4 heterocycles. The number of rotatable bonds is 5. The van der Waals surface area contributed by atoms with E-state index < -0.39 is 0 Å². The van der Waals surface area contributed by atoms with Gasteiger partial charge in [-0.05, 0) is 36.4 Å². The van der Waals surface area contributed by atoms with Crippen molar-refractivity contribution in [3.63, 3.8) is 0 Å². The lowest BCUT2D eigenvalue weighted by molar-refractivity contribution is -0.139. The predicted molar refractivity (Wildman–Crippen MR) is 117 cm³/mol. The van der Waals surface area contributed by atoms with Gasteiger partial charge in [0.1, 0.15) is 5.70 Å². The first-order valence-corrected chi connectivity index (χ1v) is 11.4. The fourth-order valence-corrected chi connectivity index (χ4v) is 5.25. The van der Waals surface area contributed by atoms with E-state index in [-0.39, 0.29) is 17.9 Å². The standard InChI is InChI=1S/C23H25N3O3S/c27-22-20(19-9-5-15-30-19)21(23(28)26(22)16-18-8-4-14-29-18)25-12-10-24(11-13-25)17-6-2-1-3-7-17/h1-3,5-7,9,15,18H,4,8,10-14,16H2. The van der Waals surface area contributed by atoms with Crippen molar-refractivity contribution in [2.45, 2.75) is 18.9 Å². The molecule has 0 radical (unpaired) electrons. The molecule has 156 valence electrons. The largest absolute Gasteiger partial charge is 0.376 e. The smallest absolute Gasteiger partial charge is 0.277 e. The molecule has 0 saturated carbocycles. The lowest BCUT2D eigenvalue weighted by atomic mass is 10.1. The molecule has 6 nitrogen and oxygen atoms in total. The molecule has 1 atom stereocenters. The molecule has 3 aliphatic heterocycles. The van der Waals surface area contributed by atoms with Gasteiger partial charge in [-0.1, -0.05) is 24.3 Å². The number of hydrogen-bond donors (Lipinski definition) is 0. The number of thiophene rings is 1. The number of ether oxygens (including phenoxy) is 1. The van der Waals surface area contributed by atoms with Crippen LogP contribution in [-0.4, -0.2) is 67.0 Å². The SMILES string of the molecule is O=C1C(c2cccs2)=C(N2CCN(c3ccccc3)CC2)C(=O)N1CC1CCCO1. The van der Waals surface area contributed by atoms with Gasteiger partial charge in [0, 0.05) is 43.4 Å². The summed E-state index contributed by atoms with van der Waals surface area (Å²) in [6.45, 7) is 4.12. The summed E-state index contributed by atoms with van der Waals surface area (Å²) in [6.07, 6.45) is 1.84. The van der Waals surface area contributed by atoms with E-state index in [2.05, 4.69) is 21.9 Å². The number of carbonyl (C=O) groups excluding carboxylic acids is 2. The van der Waals surface area contributed by atoms with Crippen LogP contribution in [0.15, 0.2) is 53.5 Å². The Morgan fingerprint density at radius 2 is 1.70 bits per heavy atom. The second-order valence-electron chi connectivity index (χ2n) is 7.87. The Bertz CT molecular complexity index is 943. The number of anilines is 1. The van der Waals surface area contributed by atoms with Crippen LogP contribution in [0.1, 0.15) is 17.7 Å². The second-order valence-corrected chi connectivity index (χ2v) is 8.81. The Morgan fingerprint density at radius 1 is 0.933 bits per heavy atom. The van der Waals surface area contributed by atoms with Gasteiger partial charge in [0.15, 0.2) is 0 Å². The number of para-hydroxylation sites is 1. The third-order valence-electron chi connectivity index (χ3n) is 6.04. The Hall–Kier alpha value is -2.64. The summed E-state index contributed by atoms with van der Waals surface area (Å²) < 4.78 is 5.70. The zero-order chi connectivity index (χ0) is 20.5. The maximum Gasteiger partial charge on any atom is 0.277 e. The van der Waals surface area contributed by atoms with E-state index in [4.69, 9.17) is 4.74 Å². The minimum Gasteiger partial charge on any atom is -0.376 e. The molecule has 30 heavy (non-hydrogen) atoms. The number of carbonyl (C=O) groups is 2. The molecule has 1 aromatic heterocycles. The lowest BCUT2D eigenvalue weighted by Gasteiger charge is -2.37. The van der Waals surface area contributed by atoms with Crippen molar-refractivity contribution in [1.82, 2.24) is 9.80 Å². The highest BCUT2D eigenvalue weighted by molar-refractivity contribution is 7.11. The van der Waals surface area contributed by atoms with Gasteiger partial charge < -0.3 is 14.5 Å². The maximum atomic E-state index is 13.4. The molecule has 0 spiro atoms. The van der Waals surface area contributed by atoms with Crippen molar-refractivity contribution < 1.29 is 14.3 Å². The maximum absolute atomic E-state index is 13.4. The van der Waals surface area contributed by atoms with Gasteiger partial charge in [0.2, 0.25) is 0 Å². The molecule has 0 N–H and O–H groups in total.